The third-order valence-electron chi connectivity index (χ3n) is 3.35. The maximum Gasteiger partial charge on any atom is 0.253 e. The Hall–Kier alpha value is -0.850. The minimum absolute atomic E-state index is 0.0479. The molecule has 0 saturated carbocycles. The second-order valence-corrected chi connectivity index (χ2v) is 8.53. The van der Waals surface area contributed by atoms with E-state index in [2.05, 4.69) is 49.3 Å². The minimum atomic E-state index is -0.0479. The lowest BCUT2D eigenvalue weighted by atomic mass is 10.1. The molecule has 21 heavy (non-hydrogen) atoms. The van der Waals surface area contributed by atoms with Crippen LogP contribution in [-0.4, -0.2) is 19.1 Å². The van der Waals surface area contributed by atoms with Crippen molar-refractivity contribution in [3.63, 3.8) is 0 Å². The van der Waals surface area contributed by atoms with Crippen LogP contribution in [0.5, 0.6) is 5.75 Å². The van der Waals surface area contributed by atoms with Crippen molar-refractivity contribution in [1.29, 1.82) is 0 Å². The number of rotatable bonds is 4. The van der Waals surface area contributed by atoms with Crippen LogP contribution in [0.15, 0.2) is 31.8 Å². The van der Waals surface area contributed by atoms with Gasteiger partial charge in [0.15, 0.2) is 0 Å². The summed E-state index contributed by atoms with van der Waals surface area (Å²) in [6.07, 6.45) is 1.80. The van der Waals surface area contributed by atoms with Crippen LogP contribution in [0, 0.1) is 0 Å². The van der Waals surface area contributed by atoms with Crippen LogP contribution in [0.4, 0.5) is 0 Å². The van der Waals surface area contributed by atoms with Gasteiger partial charge in [0.2, 0.25) is 0 Å². The van der Waals surface area contributed by atoms with Gasteiger partial charge < -0.3 is 10.1 Å². The summed E-state index contributed by atoms with van der Waals surface area (Å²) in [6, 6.07) is 8.09. The molecule has 0 unspecified atom stereocenters. The molecule has 6 heteroatoms. The molecular weight excluding hydrogens is 418 g/mol. The van der Waals surface area contributed by atoms with Crippen LogP contribution in [0.1, 0.15) is 21.5 Å². The van der Waals surface area contributed by atoms with Crippen molar-refractivity contribution in [3.05, 3.63) is 48.5 Å². The summed E-state index contributed by atoms with van der Waals surface area (Å²) >= 11 is 8.28. The largest absolute Gasteiger partial charge is 0.493 e. The molecule has 0 spiro atoms. The quantitative estimate of drug-likeness (QED) is 0.789. The van der Waals surface area contributed by atoms with Crippen LogP contribution in [0.25, 0.3) is 0 Å². The second kappa shape index (κ2) is 6.50. The third kappa shape index (κ3) is 3.49. The molecule has 2 heterocycles. The maximum absolute atomic E-state index is 12.1. The van der Waals surface area contributed by atoms with E-state index in [9.17, 15) is 4.79 Å². The van der Waals surface area contributed by atoms with Crippen molar-refractivity contribution in [3.8, 4) is 5.75 Å². The lowest BCUT2D eigenvalue weighted by molar-refractivity contribution is 0.0954. The van der Waals surface area contributed by atoms with E-state index in [-0.39, 0.29) is 5.91 Å². The first-order valence-corrected chi connectivity index (χ1v) is 9.01. The summed E-state index contributed by atoms with van der Waals surface area (Å²) in [7, 11) is 0. The fraction of sp³-hybridized carbons (Fsp3) is 0.267. The van der Waals surface area contributed by atoms with Crippen LogP contribution < -0.4 is 10.1 Å². The fourth-order valence-corrected chi connectivity index (χ4v) is 5.10. The highest BCUT2D eigenvalue weighted by molar-refractivity contribution is 9.12. The standard InChI is InChI=1S/C15H13Br2NO2S/c16-13-8-11(14(17)21-13)15(19)18-5-3-9-1-2-12-10(7-9)4-6-20-12/h1-2,7-8H,3-6H2,(H,18,19). The first kappa shape index (κ1) is 15.1. The molecule has 3 rings (SSSR count). The Labute approximate surface area is 144 Å². The van der Waals surface area contributed by atoms with Gasteiger partial charge in [0.1, 0.15) is 5.75 Å². The van der Waals surface area contributed by atoms with E-state index in [0.717, 1.165) is 32.8 Å². The molecule has 0 bridgehead atoms. The van der Waals surface area contributed by atoms with Gasteiger partial charge in [-0.25, -0.2) is 0 Å². The van der Waals surface area contributed by atoms with Crippen LogP contribution in [0.2, 0.25) is 0 Å². The van der Waals surface area contributed by atoms with Gasteiger partial charge >= 0.3 is 0 Å². The molecule has 1 N–H and O–H groups in total. The molecule has 1 aromatic heterocycles. The number of carbonyl (C=O) groups excluding carboxylic acids is 1. The van der Waals surface area contributed by atoms with E-state index in [1.807, 2.05) is 12.1 Å². The number of nitrogens with one attached hydrogen (secondary N) is 1. The monoisotopic (exact) mass is 429 g/mol. The Kier molecular flexibility index (Phi) is 4.66. The summed E-state index contributed by atoms with van der Waals surface area (Å²) in [5.41, 5.74) is 3.17. The van der Waals surface area contributed by atoms with E-state index in [4.69, 9.17) is 4.74 Å². The molecule has 0 atom stereocenters. The molecule has 1 aliphatic heterocycles. The van der Waals surface area contributed by atoms with Gasteiger partial charge in [-0.05, 0) is 61.5 Å². The van der Waals surface area contributed by atoms with Gasteiger partial charge in [-0.2, -0.15) is 0 Å². The van der Waals surface area contributed by atoms with Gasteiger partial charge in [-0.1, -0.05) is 12.1 Å². The van der Waals surface area contributed by atoms with Crippen molar-refractivity contribution in [1.82, 2.24) is 5.32 Å². The average molecular weight is 431 g/mol. The average Bonchev–Trinajstić information content (AvgIpc) is 3.04. The van der Waals surface area contributed by atoms with Gasteiger partial charge in [-0.15, -0.1) is 11.3 Å². The summed E-state index contributed by atoms with van der Waals surface area (Å²) in [6.45, 7) is 1.40. The first-order valence-electron chi connectivity index (χ1n) is 6.61. The van der Waals surface area contributed by atoms with Crippen molar-refractivity contribution in [2.45, 2.75) is 12.8 Å². The molecule has 0 fully saturated rings. The second-order valence-electron chi connectivity index (χ2n) is 4.78. The highest BCUT2D eigenvalue weighted by Crippen LogP contribution is 2.31. The number of carbonyl (C=O) groups is 1. The normalized spacial score (nSPS) is 12.9. The third-order valence-corrected chi connectivity index (χ3v) is 5.69. The zero-order chi connectivity index (χ0) is 14.8. The first-order chi connectivity index (χ1) is 10.1. The van der Waals surface area contributed by atoms with E-state index in [0.29, 0.717) is 12.1 Å². The fourth-order valence-electron chi connectivity index (χ4n) is 2.31. The van der Waals surface area contributed by atoms with Crippen LogP contribution in [0.3, 0.4) is 0 Å². The number of hydrogen-bond donors (Lipinski definition) is 1. The summed E-state index contributed by atoms with van der Waals surface area (Å²) in [4.78, 5) is 12.1. The predicted octanol–water partition coefficient (Wildman–Crippen LogP) is 4.18. The van der Waals surface area contributed by atoms with Gasteiger partial charge in [0.05, 0.1) is 19.7 Å². The Bertz CT molecular complexity index is 684. The number of hydrogen-bond acceptors (Lipinski definition) is 3. The van der Waals surface area contributed by atoms with E-state index in [1.54, 1.807) is 0 Å². The lowest BCUT2D eigenvalue weighted by Crippen LogP contribution is -2.25. The van der Waals surface area contributed by atoms with Crippen molar-refractivity contribution in [2.24, 2.45) is 0 Å². The van der Waals surface area contributed by atoms with E-state index < -0.39 is 0 Å². The molecule has 1 aromatic carbocycles. The zero-order valence-corrected chi connectivity index (χ0v) is 15.1. The summed E-state index contributed by atoms with van der Waals surface area (Å²) in [5, 5.41) is 2.95. The molecule has 0 saturated heterocycles. The number of ether oxygens (including phenoxy) is 1. The van der Waals surface area contributed by atoms with Crippen LogP contribution >= 0.6 is 43.2 Å². The van der Waals surface area contributed by atoms with E-state index >= 15 is 0 Å². The Morgan fingerprint density at radius 3 is 2.95 bits per heavy atom. The minimum Gasteiger partial charge on any atom is -0.493 e. The number of amides is 1. The molecule has 2 aromatic rings. The van der Waals surface area contributed by atoms with Crippen molar-refractivity contribution < 1.29 is 9.53 Å². The molecule has 0 radical (unpaired) electrons. The number of benzene rings is 1. The molecule has 3 nitrogen and oxygen atoms in total. The van der Waals surface area contributed by atoms with Crippen molar-refractivity contribution >= 4 is 49.1 Å². The van der Waals surface area contributed by atoms with Crippen molar-refractivity contribution in [2.75, 3.05) is 13.2 Å². The SMILES string of the molecule is O=C(NCCc1ccc2c(c1)CCO2)c1cc(Br)sc1Br. The molecule has 110 valence electrons. The summed E-state index contributed by atoms with van der Waals surface area (Å²) in [5.74, 6) is 0.947. The van der Waals surface area contributed by atoms with Gasteiger partial charge in [-0.3, -0.25) is 4.79 Å². The zero-order valence-electron chi connectivity index (χ0n) is 11.1. The van der Waals surface area contributed by atoms with Crippen LogP contribution in [-0.2, 0) is 12.8 Å². The molecule has 1 aliphatic rings. The van der Waals surface area contributed by atoms with Gasteiger partial charge in [0.25, 0.3) is 5.91 Å². The van der Waals surface area contributed by atoms with Gasteiger partial charge in [0, 0.05) is 13.0 Å². The smallest absolute Gasteiger partial charge is 0.253 e. The lowest BCUT2D eigenvalue weighted by Gasteiger charge is -2.06. The Morgan fingerprint density at radius 2 is 2.19 bits per heavy atom. The molecule has 0 aliphatic carbocycles. The molecular formula is C15H13Br2NO2S. The Morgan fingerprint density at radius 1 is 1.33 bits per heavy atom. The summed E-state index contributed by atoms with van der Waals surface area (Å²) < 4.78 is 7.28. The topological polar surface area (TPSA) is 38.3 Å². The molecule has 1 amide bonds. The number of fused-ring (bicyclic) bond motifs is 1. The number of halogens is 2. The Balaban J connectivity index is 1.56. The maximum atomic E-state index is 12.1. The highest BCUT2D eigenvalue weighted by atomic mass is 79.9. The van der Waals surface area contributed by atoms with E-state index in [1.165, 1.54) is 22.5 Å². The highest BCUT2D eigenvalue weighted by Gasteiger charge is 2.14. The number of thiophene rings is 1. The predicted molar refractivity (Wildman–Crippen MR) is 91.4 cm³/mol.